The van der Waals surface area contributed by atoms with E-state index in [1.807, 2.05) is 57.2 Å². The zero-order valence-electron chi connectivity index (χ0n) is 27.5. The van der Waals surface area contributed by atoms with Gasteiger partial charge >= 0.3 is 0 Å². The minimum atomic E-state index is -4.21. The van der Waals surface area contributed by atoms with Gasteiger partial charge in [-0.05, 0) is 86.7 Å². The normalized spacial score (nSPS) is 14.0. The van der Waals surface area contributed by atoms with Gasteiger partial charge in [0.15, 0.2) is 0 Å². The lowest BCUT2D eigenvalue weighted by atomic mass is 10.0. The summed E-state index contributed by atoms with van der Waals surface area (Å²) in [5, 5.41) is 3.86. The predicted octanol–water partition coefficient (Wildman–Crippen LogP) is 7.81. The number of benzene rings is 4. The van der Waals surface area contributed by atoms with Gasteiger partial charge in [-0.3, -0.25) is 13.9 Å². The lowest BCUT2D eigenvalue weighted by molar-refractivity contribution is -0.140. The van der Waals surface area contributed by atoms with Crippen molar-refractivity contribution in [3.05, 3.63) is 129 Å². The number of nitrogens with zero attached hydrogens (tertiary/aromatic N) is 2. The van der Waals surface area contributed by atoms with Crippen molar-refractivity contribution in [1.29, 1.82) is 0 Å². The van der Waals surface area contributed by atoms with Crippen LogP contribution in [0.3, 0.4) is 0 Å². The molecule has 0 aromatic heterocycles. The Hall–Kier alpha value is -3.85. The van der Waals surface area contributed by atoms with Gasteiger partial charge in [0.25, 0.3) is 10.0 Å². The molecule has 1 saturated carbocycles. The smallest absolute Gasteiger partial charge is 0.264 e. The number of amides is 2. The molecule has 10 heteroatoms. The number of aryl methyl sites for hydroxylation is 3. The second-order valence-corrected chi connectivity index (χ2v) is 15.3. The molecule has 1 fully saturated rings. The lowest BCUT2D eigenvalue weighted by Crippen LogP contribution is -2.54. The molecule has 0 heterocycles. The summed E-state index contributed by atoms with van der Waals surface area (Å²) in [6.45, 7) is 4.98. The third kappa shape index (κ3) is 8.59. The molecule has 2 amide bonds. The average molecular weight is 707 g/mol. The maximum Gasteiger partial charge on any atom is 0.264 e. The molecule has 4 aromatic rings. The van der Waals surface area contributed by atoms with Crippen LogP contribution in [0.25, 0.3) is 0 Å². The van der Waals surface area contributed by atoms with Crippen LogP contribution in [0, 0.1) is 20.8 Å². The Morgan fingerprint density at radius 1 is 0.812 bits per heavy atom. The number of hydrogen-bond acceptors (Lipinski definition) is 4. The first-order valence-corrected chi connectivity index (χ1v) is 18.4. The highest BCUT2D eigenvalue weighted by molar-refractivity contribution is 7.92. The summed E-state index contributed by atoms with van der Waals surface area (Å²) in [5.41, 5.74) is 4.28. The Bertz CT molecular complexity index is 1820. The molecule has 1 aliphatic carbocycles. The fourth-order valence-electron chi connectivity index (χ4n) is 6.24. The molecule has 0 radical (unpaired) electrons. The molecule has 1 N–H and O–H groups in total. The zero-order valence-corrected chi connectivity index (χ0v) is 29.8. The number of carbonyl (C=O) groups excluding carboxylic acids is 2. The first-order valence-electron chi connectivity index (χ1n) is 16.2. The number of hydrogen-bond donors (Lipinski definition) is 1. The number of nitrogens with one attached hydrogen (secondary N) is 1. The van der Waals surface area contributed by atoms with E-state index in [9.17, 15) is 18.0 Å². The van der Waals surface area contributed by atoms with Crippen molar-refractivity contribution in [3.8, 4) is 0 Å². The van der Waals surface area contributed by atoms with Gasteiger partial charge in [0, 0.05) is 34.6 Å². The summed E-state index contributed by atoms with van der Waals surface area (Å²) in [7, 11) is -4.21. The van der Waals surface area contributed by atoms with Crippen molar-refractivity contribution in [2.24, 2.45) is 0 Å². The molecule has 0 aliphatic heterocycles. The quantitative estimate of drug-likeness (QED) is 0.163. The van der Waals surface area contributed by atoms with Gasteiger partial charge in [-0.15, -0.1) is 0 Å². The first-order chi connectivity index (χ1) is 22.9. The monoisotopic (exact) mass is 705 g/mol. The van der Waals surface area contributed by atoms with Gasteiger partial charge in [0.2, 0.25) is 11.8 Å². The van der Waals surface area contributed by atoms with Gasteiger partial charge in [-0.25, -0.2) is 8.42 Å². The summed E-state index contributed by atoms with van der Waals surface area (Å²) < 4.78 is 29.8. The Labute approximate surface area is 293 Å². The predicted molar refractivity (Wildman–Crippen MR) is 193 cm³/mol. The fourth-order valence-corrected chi connectivity index (χ4v) is 8.15. The second-order valence-electron chi connectivity index (χ2n) is 12.6. The van der Waals surface area contributed by atoms with Crippen molar-refractivity contribution < 1.29 is 18.0 Å². The van der Waals surface area contributed by atoms with Crippen LogP contribution in [0.1, 0.15) is 53.5 Å². The number of halogens is 2. The molecule has 0 spiro atoms. The van der Waals surface area contributed by atoms with E-state index in [1.54, 1.807) is 54.6 Å². The van der Waals surface area contributed by atoms with Crippen LogP contribution in [-0.4, -0.2) is 43.8 Å². The lowest BCUT2D eigenvalue weighted by Gasteiger charge is -2.35. The van der Waals surface area contributed by atoms with Gasteiger partial charge in [-0.1, -0.05) is 96.2 Å². The van der Waals surface area contributed by atoms with Crippen molar-refractivity contribution in [1.82, 2.24) is 10.2 Å². The van der Waals surface area contributed by atoms with Gasteiger partial charge in [-0.2, -0.15) is 0 Å². The maximum absolute atomic E-state index is 14.8. The highest BCUT2D eigenvalue weighted by Crippen LogP contribution is 2.30. The third-order valence-electron chi connectivity index (χ3n) is 8.75. The largest absolute Gasteiger partial charge is 0.352 e. The van der Waals surface area contributed by atoms with Crippen LogP contribution in [0.2, 0.25) is 10.0 Å². The molecule has 48 heavy (non-hydrogen) atoms. The van der Waals surface area contributed by atoms with E-state index in [0.717, 1.165) is 52.2 Å². The van der Waals surface area contributed by atoms with Gasteiger partial charge in [0.05, 0.1) is 10.6 Å². The van der Waals surface area contributed by atoms with E-state index in [1.165, 1.54) is 4.90 Å². The third-order valence-corrected chi connectivity index (χ3v) is 11.2. The molecule has 1 atom stereocenters. The second kappa shape index (κ2) is 15.6. The minimum absolute atomic E-state index is 0.00492. The summed E-state index contributed by atoms with van der Waals surface area (Å²) in [6, 6.07) is 25.5. The number of rotatable bonds is 12. The molecule has 0 unspecified atom stereocenters. The van der Waals surface area contributed by atoms with Crippen LogP contribution in [0.4, 0.5) is 5.69 Å². The Morgan fingerprint density at radius 3 is 2.02 bits per heavy atom. The molecule has 1 aliphatic rings. The van der Waals surface area contributed by atoms with E-state index in [2.05, 4.69) is 5.32 Å². The Balaban J connectivity index is 1.61. The van der Waals surface area contributed by atoms with Crippen LogP contribution >= 0.6 is 23.2 Å². The van der Waals surface area contributed by atoms with Crippen LogP contribution in [0.5, 0.6) is 0 Å². The van der Waals surface area contributed by atoms with E-state index >= 15 is 0 Å². The van der Waals surface area contributed by atoms with Gasteiger partial charge in [0.1, 0.15) is 12.6 Å². The summed E-state index contributed by atoms with van der Waals surface area (Å²) >= 11 is 13.3. The Kier molecular flexibility index (Phi) is 11.5. The fraction of sp³-hybridized carbons (Fsp3) is 0.316. The number of anilines is 1. The van der Waals surface area contributed by atoms with Crippen LogP contribution in [0.15, 0.2) is 95.9 Å². The van der Waals surface area contributed by atoms with Crippen molar-refractivity contribution >= 4 is 50.7 Å². The summed E-state index contributed by atoms with van der Waals surface area (Å²) in [5.74, 6) is -0.870. The molecular weight excluding hydrogens is 665 g/mol. The summed E-state index contributed by atoms with van der Waals surface area (Å²) in [6.07, 6.45) is 3.98. The summed E-state index contributed by atoms with van der Waals surface area (Å²) in [4.78, 5) is 30.5. The van der Waals surface area contributed by atoms with Crippen molar-refractivity contribution in [3.63, 3.8) is 0 Å². The van der Waals surface area contributed by atoms with Crippen molar-refractivity contribution in [2.75, 3.05) is 10.8 Å². The SMILES string of the molecule is Cc1ccc(S(=O)(=O)N(CC(=O)N(Cc2c(Cl)cccc2Cl)[C@@H](Cc2ccccc2)C(=O)NC2CCCC2)c2cc(C)cc(C)c2)cc1. The first kappa shape index (κ1) is 35.5. The molecule has 0 bridgehead atoms. The van der Waals surface area contributed by atoms with E-state index in [-0.39, 0.29) is 29.8 Å². The molecule has 7 nitrogen and oxygen atoms in total. The molecule has 0 saturated heterocycles. The van der Waals surface area contributed by atoms with E-state index in [4.69, 9.17) is 23.2 Å². The van der Waals surface area contributed by atoms with E-state index < -0.39 is 28.5 Å². The highest BCUT2D eigenvalue weighted by Gasteiger charge is 2.36. The topological polar surface area (TPSA) is 86.8 Å². The Morgan fingerprint density at radius 2 is 1.42 bits per heavy atom. The maximum atomic E-state index is 14.8. The molecular formula is C38H41Cl2N3O4S. The molecule has 252 valence electrons. The minimum Gasteiger partial charge on any atom is -0.352 e. The molecule has 4 aromatic carbocycles. The number of sulfonamides is 1. The van der Waals surface area contributed by atoms with Gasteiger partial charge < -0.3 is 10.2 Å². The zero-order chi connectivity index (χ0) is 34.4. The number of carbonyl (C=O) groups is 2. The van der Waals surface area contributed by atoms with Crippen molar-refractivity contribution in [2.45, 2.75) is 76.4 Å². The van der Waals surface area contributed by atoms with Crippen LogP contribution in [-0.2, 0) is 32.6 Å². The standard InChI is InChI=1S/C38H41Cl2N3O4S/c1-26-16-18-32(19-17-26)48(46,47)43(31-21-27(2)20-28(3)22-31)25-37(44)42(24-33-34(39)14-9-15-35(33)40)36(23-29-10-5-4-6-11-29)38(45)41-30-12-7-8-13-30/h4-6,9-11,14-22,30,36H,7-8,12-13,23-25H2,1-3H3,(H,41,45)/t36-/m0/s1. The highest BCUT2D eigenvalue weighted by atomic mass is 35.5. The van der Waals surface area contributed by atoms with E-state index in [0.29, 0.717) is 21.3 Å². The molecule has 5 rings (SSSR count). The average Bonchev–Trinajstić information content (AvgIpc) is 3.56. The van der Waals surface area contributed by atoms with Crippen LogP contribution < -0.4 is 9.62 Å².